The first-order valence-corrected chi connectivity index (χ1v) is 22.8. The van der Waals surface area contributed by atoms with Gasteiger partial charge in [0.25, 0.3) is 0 Å². The van der Waals surface area contributed by atoms with E-state index in [1.807, 2.05) is 0 Å². The summed E-state index contributed by atoms with van der Waals surface area (Å²) in [5, 5.41) is 0. The summed E-state index contributed by atoms with van der Waals surface area (Å²) >= 11 is 0. The van der Waals surface area contributed by atoms with Crippen LogP contribution in [0.15, 0.2) is 0 Å². The van der Waals surface area contributed by atoms with Crippen molar-refractivity contribution in [2.24, 2.45) is 0 Å². The van der Waals surface area contributed by atoms with Gasteiger partial charge in [0.1, 0.15) is 11.5 Å². The lowest BCUT2D eigenvalue weighted by Crippen LogP contribution is -2.10. The Kier molecular flexibility index (Phi) is 41.5. The van der Waals surface area contributed by atoms with Gasteiger partial charge in [0, 0.05) is 0 Å². The average Bonchev–Trinajstić information content (AvgIpc) is 3.00. The topological polar surface area (TPSA) is 66.4 Å². The zero-order chi connectivity index (χ0) is 32.8. The Balaban J connectivity index is 0. The number of hydrogen-bond donors (Lipinski definition) is 0. The van der Waals surface area contributed by atoms with Gasteiger partial charge in [-0.1, -0.05) is 194 Å². The fourth-order valence-corrected chi connectivity index (χ4v) is 7.49. The highest BCUT2D eigenvalue weighted by Crippen LogP contribution is 2.16. The van der Waals surface area contributed by atoms with E-state index in [0.29, 0.717) is 10.9 Å². The summed E-state index contributed by atoms with van der Waals surface area (Å²) in [5.41, 5.74) is 0. The molecule has 0 amide bonds. The van der Waals surface area contributed by atoms with E-state index < -0.39 is 10.4 Å². The first-order chi connectivity index (χ1) is 21.4. The predicted octanol–water partition coefficient (Wildman–Crippen LogP) is 12.9. The van der Waals surface area contributed by atoms with Crippen molar-refractivity contribution in [1.82, 2.24) is 0 Å². The number of rotatable bonds is 35. The highest BCUT2D eigenvalue weighted by molar-refractivity contribution is 7.96. The van der Waals surface area contributed by atoms with Crippen molar-refractivity contribution in [3.63, 3.8) is 0 Å². The van der Waals surface area contributed by atoms with Crippen LogP contribution >= 0.6 is 0 Å². The molecule has 0 unspecified atom stereocenters. The maximum atomic E-state index is 9.22. The van der Waals surface area contributed by atoms with Crippen molar-refractivity contribution in [2.75, 3.05) is 24.9 Å². The summed E-state index contributed by atoms with van der Waals surface area (Å²) in [6.45, 7) is 4.62. The van der Waals surface area contributed by atoms with Crippen LogP contribution in [0.5, 0.6) is 0 Å². The van der Waals surface area contributed by atoms with Gasteiger partial charge in [-0.15, -0.1) is 0 Å². The van der Waals surface area contributed by atoms with Gasteiger partial charge in [0.05, 0.1) is 13.4 Å². The van der Waals surface area contributed by atoms with Gasteiger partial charge in [-0.3, -0.25) is 4.18 Å². The molecule has 0 saturated carbocycles. The zero-order valence-corrected chi connectivity index (χ0v) is 32.1. The largest absolute Gasteiger partial charge is 0.726 e. The molecule has 0 saturated heterocycles. The second-order valence-electron chi connectivity index (χ2n) is 13.4. The summed E-state index contributed by atoms with van der Waals surface area (Å²) in [6, 6.07) is 0. The third-order valence-electron chi connectivity index (χ3n) is 8.90. The van der Waals surface area contributed by atoms with Crippen LogP contribution in [0.3, 0.4) is 0 Å². The average molecular weight is 665 g/mol. The molecule has 0 aliphatic heterocycles. The number of unbranched alkanes of at least 4 members (excludes halogenated alkanes) is 30. The molecule has 0 heterocycles. The minimum absolute atomic E-state index is 0.695. The van der Waals surface area contributed by atoms with Crippen LogP contribution in [-0.4, -0.2) is 37.8 Å². The lowest BCUT2D eigenvalue weighted by molar-refractivity contribution is 0.314. The van der Waals surface area contributed by atoms with Gasteiger partial charge in [0.15, 0.2) is 0 Å². The first kappa shape index (κ1) is 46.3. The molecule has 268 valence electrons. The van der Waals surface area contributed by atoms with Crippen LogP contribution < -0.4 is 0 Å². The maximum Gasteiger partial charge on any atom is 0.217 e. The van der Waals surface area contributed by atoms with Gasteiger partial charge in [-0.2, -0.15) is 0 Å². The van der Waals surface area contributed by atoms with E-state index in [1.54, 1.807) is 0 Å². The van der Waals surface area contributed by atoms with E-state index >= 15 is 0 Å². The molecular weight excluding hydrogens is 585 g/mol. The van der Waals surface area contributed by atoms with Crippen molar-refractivity contribution in [3.05, 3.63) is 0 Å². The Morgan fingerprint density at radius 2 is 0.568 bits per heavy atom. The molecule has 0 spiro atoms. The summed E-state index contributed by atoms with van der Waals surface area (Å²) in [4.78, 5) is 0. The minimum atomic E-state index is -4.41. The standard InChI is InChI=1S/C37H77S.CH4O4S/c1-4-6-8-10-12-14-16-18-20-22-24-26-28-30-32-34-36-38(3)37-35-33-31-29-27-25-23-21-19-17-15-13-11-9-7-5-2;1-5-6(2,3)4/h4-37H2,1-3H3;1H3,(H,2,3,4)/q+1;/p-1. The molecule has 0 N–H and O–H groups in total. The van der Waals surface area contributed by atoms with E-state index in [1.165, 1.54) is 217 Å². The van der Waals surface area contributed by atoms with Gasteiger partial charge >= 0.3 is 0 Å². The Morgan fingerprint density at radius 1 is 0.409 bits per heavy atom. The third-order valence-corrected chi connectivity index (χ3v) is 11.3. The van der Waals surface area contributed by atoms with Gasteiger partial charge in [-0.25, -0.2) is 8.42 Å². The minimum Gasteiger partial charge on any atom is -0.726 e. The third kappa shape index (κ3) is 46.6. The molecule has 0 fully saturated rings. The molecule has 0 aliphatic rings. The lowest BCUT2D eigenvalue weighted by atomic mass is 10.0. The fraction of sp³-hybridized carbons (Fsp3) is 1.00. The Hall–Kier alpha value is 0.220. The smallest absolute Gasteiger partial charge is 0.217 e. The summed E-state index contributed by atoms with van der Waals surface area (Å²) in [5.74, 6) is 3.02. The lowest BCUT2D eigenvalue weighted by Gasteiger charge is -2.05. The molecule has 0 aliphatic carbocycles. The molecule has 4 nitrogen and oxygen atoms in total. The predicted molar refractivity (Wildman–Crippen MR) is 199 cm³/mol. The van der Waals surface area contributed by atoms with Crippen LogP contribution in [0.25, 0.3) is 0 Å². The summed E-state index contributed by atoms with van der Waals surface area (Å²) in [6.07, 6.45) is 49.9. The molecule has 44 heavy (non-hydrogen) atoms. The first-order valence-electron chi connectivity index (χ1n) is 19.5. The van der Waals surface area contributed by atoms with Gasteiger partial charge in [0.2, 0.25) is 10.4 Å². The second kappa shape index (κ2) is 39.4. The van der Waals surface area contributed by atoms with Crippen molar-refractivity contribution in [2.45, 2.75) is 219 Å². The molecule has 0 aromatic heterocycles. The van der Waals surface area contributed by atoms with Gasteiger partial charge < -0.3 is 4.55 Å². The highest BCUT2D eigenvalue weighted by atomic mass is 32.3. The van der Waals surface area contributed by atoms with E-state index in [9.17, 15) is 13.0 Å². The van der Waals surface area contributed by atoms with Crippen molar-refractivity contribution >= 4 is 21.3 Å². The SMILES string of the molecule is CCCCCCCCCCCCCCCCCC[S+](C)CCCCCCCCCCCCCCCCCC.COS(=O)(=O)[O-]. The molecule has 0 rings (SSSR count). The van der Waals surface area contributed by atoms with E-state index in [4.69, 9.17) is 0 Å². The molecule has 0 atom stereocenters. The van der Waals surface area contributed by atoms with Crippen molar-refractivity contribution < 1.29 is 17.2 Å². The van der Waals surface area contributed by atoms with Crippen LogP contribution in [0.1, 0.15) is 219 Å². The quantitative estimate of drug-likeness (QED) is 0.0293. The molecule has 0 bridgehead atoms. The van der Waals surface area contributed by atoms with E-state index in [-0.39, 0.29) is 0 Å². The van der Waals surface area contributed by atoms with Crippen LogP contribution in [0, 0.1) is 0 Å². The normalized spacial score (nSPS) is 11.7. The van der Waals surface area contributed by atoms with E-state index in [2.05, 4.69) is 24.3 Å². The summed E-state index contributed by atoms with van der Waals surface area (Å²) in [7, 11) is -2.91. The molecule has 0 aromatic carbocycles. The monoisotopic (exact) mass is 665 g/mol. The van der Waals surface area contributed by atoms with Crippen molar-refractivity contribution in [1.29, 1.82) is 0 Å². The summed E-state index contributed by atoms with van der Waals surface area (Å²) < 4.78 is 31.0. The van der Waals surface area contributed by atoms with Gasteiger partial charge in [-0.05, 0) is 36.6 Å². The number of hydrogen-bond acceptors (Lipinski definition) is 4. The second-order valence-corrected chi connectivity index (χ2v) is 16.9. The highest BCUT2D eigenvalue weighted by Gasteiger charge is 2.09. The Morgan fingerprint density at radius 3 is 0.727 bits per heavy atom. The van der Waals surface area contributed by atoms with Crippen LogP contribution in [0.2, 0.25) is 0 Å². The Labute approximate surface area is 281 Å². The maximum absolute atomic E-state index is 9.22. The zero-order valence-electron chi connectivity index (χ0n) is 30.5. The molecule has 6 heteroatoms. The molecular formula is C38H80O4S2. The fourth-order valence-electron chi connectivity index (χ4n) is 5.90. The molecule has 0 radical (unpaired) electrons. The van der Waals surface area contributed by atoms with Crippen LogP contribution in [-0.2, 0) is 25.5 Å². The van der Waals surface area contributed by atoms with Crippen molar-refractivity contribution in [3.8, 4) is 0 Å². The van der Waals surface area contributed by atoms with Crippen LogP contribution in [0.4, 0.5) is 0 Å². The molecule has 0 aromatic rings. The van der Waals surface area contributed by atoms with E-state index in [0.717, 1.165) is 7.11 Å². The Bertz CT molecular complexity index is 576.